The Labute approximate surface area is 173 Å². The first-order valence-corrected chi connectivity index (χ1v) is 9.87. The van der Waals surface area contributed by atoms with Crippen LogP contribution in [0.5, 0.6) is 11.5 Å². The molecule has 0 N–H and O–H groups in total. The van der Waals surface area contributed by atoms with Crippen LogP contribution in [0.3, 0.4) is 0 Å². The van der Waals surface area contributed by atoms with Crippen LogP contribution in [-0.4, -0.2) is 44.7 Å². The fraction of sp³-hybridized carbons (Fsp3) is 0.375. The zero-order valence-corrected chi connectivity index (χ0v) is 18.3. The summed E-state index contributed by atoms with van der Waals surface area (Å²) in [6, 6.07) is 12.5. The van der Waals surface area contributed by atoms with Gasteiger partial charge in [-0.2, -0.15) is 0 Å². The maximum Gasteiger partial charge on any atom is 0.212 e. The van der Waals surface area contributed by atoms with Crippen LogP contribution in [0.4, 0.5) is 11.4 Å². The van der Waals surface area contributed by atoms with Gasteiger partial charge in [-0.05, 0) is 50.6 Å². The standard InChI is InChI=1S/C24H29N3O2/c1-16(26(4)5)25-18-14-17-12-13-24(29-22(17)21(15-18)28-7)23(2,3)19-10-8-9-11-20(19)27(24)6/h8-15H,1-7H3. The van der Waals surface area contributed by atoms with Gasteiger partial charge in [0.25, 0.3) is 0 Å². The molecular formula is C24H29N3O2. The second-order valence-electron chi connectivity index (χ2n) is 8.45. The second-order valence-corrected chi connectivity index (χ2v) is 8.45. The molecule has 1 atom stereocenters. The van der Waals surface area contributed by atoms with E-state index in [0.29, 0.717) is 5.75 Å². The normalized spacial score (nSPS) is 21.6. The molecule has 2 aliphatic heterocycles. The number of amidine groups is 1. The Balaban J connectivity index is 1.83. The van der Waals surface area contributed by atoms with Gasteiger partial charge in [-0.15, -0.1) is 0 Å². The lowest BCUT2D eigenvalue weighted by molar-refractivity contribution is 0.0552. The van der Waals surface area contributed by atoms with Crippen molar-refractivity contribution >= 4 is 23.3 Å². The molecule has 152 valence electrons. The molecule has 2 aromatic carbocycles. The van der Waals surface area contributed by atoms with Crippen molar-refractivity contribution < 1.29 is 9.47 Å². The SMILES string of the molecule is COc1cc(N=C(C)N(C)C)cc2c1OC1(C=C2)N(C)c2ccccc2C1(C)C. The number of benzene rings is 2. The lowest BCUT2D eigenvalue weighted by Crippen LogP contribution is -2.58. The van der Waals surface area contributed by atoms with Crippen molar-refractivity contribution in [2.45, 2.75) is 31.9 Å². The fourth-order valence-electron chi connectivity index (χ4n) is 4.34. The molecule has 0 saturated heterocycles. The summed E-state index contributed by atoms with van der Waals surface area (Å²) in [6.07, 6.45) is 4.30. The van der Waals surface area contributed by atoms with Gasteiger partial charge in [-0.3, -0.25) is 0 Å². The maximum absolute atomic E-state index is 6.78. The summed E-state index contributed by atoms with van der Waals surface area (Å²) >= 11 is 0. The Morgan fingerprint density at radius 3 is 2.55 bits per heavy atom. The van der Waals surface area contributed by atoms with Crippen LogP contribution < -0.4 is 14.4 Å². The molecule has 0 fully saturated rings. The third-order valence-corrected chi connectivity index (χ3v) is 6.31. The Hall–Kier alpha value is -2.95. The van der Waals surface area contributed by atoms with Gasteiger partial charge in [0.15, 0.2) is 11.5 Å². The van der Waals surface area contributed by atoms with Crippen molar-refractivity contribution in [1.29, 1.82) is 0 Å². The molecule has 0 radical (unpaired) electrons. The first-order chi connectivity index (χ1) is 13.7. The highest BCUT2D eigenvalue weighted by Gasteiger charge is 2.57. The Morgan fingerprint density at radius 2 is 1.90 bits per heavy atom. The summed E-state index contributed by atoms with van der Waals surface area (Å²) in [7, 11) is 7.73. The first-order valence-electron chi connectivity index (χ1n) is 9.87. The average molecular weight is 392 g/mol. The van der Waals surface area contributed by atoms with E-state index in [4.69, 9.17) is 14.5 Å². The first kappa shape index (κ1) is 19.4. The Bertz CT molecular complexity index is 1020. The van der Waals surface area contributed by atoms with Crippen LogP contribution >= 0.6 is 0 Å². The summed E-state index contributed by atoms with van der Waals surface area (Å²) in [6.45, 7) is 6.45. The van der Waals surface area contributed by atoms with Crippen LogP contribution in [0.15, 0.2) is 47.5 Å². The molecule has 1 spiro atoms. The summed E-state index contributed by atoms with van der Waals surface area (Å²) in [5.74, 6) is 2.37. The minimum Gasteiger partial charge on any atom is -0.493 e. The van der Waals surface area contributed by atoms with Crippen molar-refractivity contribution in [2.75, 3.05) is 33.2 Å². The van der Waals surface area contributed by atoms with Crippen molar-refractivity contribution in [2.24, 2.45) is 4.99 Å². The summed E-state index contributed by atoms with van der Waals surface area (Å²) in [4.78, 5) is 8.92. The third kappa shape index (κ3) is 2.71. The van der Waals surface area contributed by atoms with Crippen LogP contribution in [0.25, 0.3) is 6.08 Å². The van der Waals surface area contributed by atoms with E-state index in [1.165, 1.54) is 11.3 Å². The van der Waals surface area contributed by atoms with E-state index in [2.05, 4.69) is 62.2 Å². The molecular weight excluding hydrogens is 362 g/mol. The van der Waals surface area contributed by atoms with Gasteiger partial charge in [0, 0.05) is 38.5 Å². The summed E-state index contributed by atoms with van der Waals surface area (Å²) in [5.41, 5.74) is 3.42. The molecule has 0 aromatic heterocycles. The molecule has 1 unspecified atom stereocenters. The monoisotopic (exact) mass is 391 g/mol. The number of aliphatic imine (C=N–C) groups is 1. The zero-order chi connectivity index (χ0) is 21.0. The molecule has 2 aromatic rings. The van der Waals surface area contributed by atoms with Crippen molar-refractivity contribution in [3.8, 4) is 11.5 Å². The highest BCUT2D eigenvalue weighted by Crippen LogP contribution is 2.55. The molecule has 0 saturated carbocycles. The fourth-order valence-corrected chi connectivity index (χ4v) is 4.34. The molecule has 4 rings (SSSR count). The number of nitrogens with zero attached hydrogens (tertiary/aromatic N) is 3. The number of hydrogen-bond donors (Lipinski definition) is 0. The predicted molar refractivity (Wildman–Crippen MR) is 120 cm³/mol. The highest BCUT2D eigenvalue weighted by molar-refractivity contribution is 5.83. The summed E-state index contributed by atoms with van der Waals surface area (Å²) in [5, 5.41) is 0. The van der Waals surface area contributed by atoms with E-state index in [0.717, 1.165) is 22.8 Å². The predicted octanol–water partition coefficient (Wildman–Crippen LogP) is 4.84. The van der Waals surface area contributed by atoms with Gasteiger partial charge in [-0.25, -0.2) is 4.99 Å². The summed E-state index contributed by atoms with van der Waals surface area (Å²) < 4.78 is 12.5. The Morgan fingerprint density at radius 1 is 1.17 bits per heavy atom. The van der Waals surface area contributed by atoms with E-state index in [9.17, 15) is 0 Å². The number of rotatable bonds is 2. The van der Waals surface area contributed by atoms with Gasteiger partial charge < -0.3 is 19.3 Å². The van der Waals surface area contributed by atoms with Crippen LogP contribution in [0, 0.1) is 0 Å². The average Bonchev–Trinajstić information content (AvgIpc) is 2.86. The molecule has 2 aliphatic rings. The molecule has 0 amide bonds. The topological polar surface area (TPSA) is 37.3 Å². The highest BCUT2D eigenvalue weighted by atomic mass is 16.5. The van der Waals surface area contributed by atoms with Gasteiger partial charge in [0.1, 0.15) is 5.84 Å². The van der Waals surface area contributed by atoms with E-state index < -0.39 is 5.72 Å². The van der Waals surface area contributed by atoms with Crippen LogP contribution in [0.2, 0.25) is 0 Å². The lowest BCUT2D eigenvalue weighted by Gasteiger charge is -2.46. The quantitative estimate of drug-likeness (QED) is 0.542. The van der Waals surface area contributed by atoms with Gasteiger partial charge >= 0.3 is 0 Å². The smallest absolute Gasteiger partial charge is 0.212 e. The molecule has 0 bridgehead atoms. The number of anilines is 1. The van der Waals surface area contributed by atoms with Crippen molar-refractivity contribution in [3.05, 3.63) is 53.6 Å². The van der Waals surface area contributed by atoms with E-state index in [-0.39, 0.29) is 5.41 Å². The zero-order valence-electron chi connectivity index (χ0n) is 18.3. The Kier molecular flexibility index (Phi) is 4.37. The van der Waals surface area contributed by atoms with Gasteiger partial charge in [0.05, 0.1) is 18.2 Å². The maximum atomic E-state index is 6.78. The number of para-hydroxylation sites is 1. The molecule has 5 heteroatoms. The van der Waals surface area contributed by atoms with Crippen molar-refractivity contribution in [1.82, 2.24) is 4.90 Å². The van der Waals surface area contributed by atoms with E-state index >= 15 is 0 Å². The third-order valence-electron chi connectivity index (χ3n) is 6.31. The van der Waals surface area contributed by atoms with E-state index in [1.54, 1.807) is 7.11 Å². The number of hydrogen-bond acceptors (Lipinski definition) is 4. The second kappa shape index (κ2) is 6.55. The largest absolute Gasteiger partial charge is 0.493 e. The molecule has 2 heterocycles. The van der Waals surface area contributed by atoms with Gasteiger partial charge in [0.2, 0.25) is 5.72 Å². The van der Waals surface area contributed by atoms with Crippen molar-refractivity contribution in [3.63, 3.8) is 0 Å². The molecule has 29 heavy (non-hydrogen) atoms. The van der Waals surface area contributed by atoms with Crippen LogP contribution in [0.1, 0.15) is 31.9 Å². The van der Waals surface area contributed by atoms with Crippen LogP contribution in [-0.2, 0) is 5.41 Å². The van der Waals surface area contributed by atoms with E-state index in [1.807, 2.05) is 38.1 Å². The minimum atomic E-state index is -0.624. The van der Waals surface area contributed by atoms with Gasteiger partial charge in [-0.1, -0.05) is 18.2 Å². The number of ether oxygens (including phenoxy) is 2. The molecule has 0 aliphatic carbocycles. The number of likely N-dealkylation sites (N-methyl/N-ethyl adjacent to an activating group) is 1. The number of methoxy groups -OCH3 is 1. The lowest BCUT2D eigenvalue weighted by atomic mass is 9.76. The molecule has 5 nitrogen and oxygen atoms in total. The number of fused-ring (bicyclic) bond motifs is 2. The minimum absolute atomic E-state index is 0.240.